The third-order valence-corrected chi connectivity index (χ3v) is 2.00. The van der Waals surface area contributed by atoms with E-state index in [-0.39, 0.29) is 16.9 Å². The molecule has 0 aromatic rings. The third-order valence-electron chi connectivity index (χ3n) is 2.00. The molecule has 15 heavy (non-hydrogen) atoms. The van der Waals surface area contributed by atoms with E-state index in [0.717, 1.165) is 24.3 Å². The van der Waals surface area contributed by atoms with Crippen LogP contribution in [0.1, 0.15) is 0 Å². The molecular formula is C10H5NO4. The first kappa shape index (κ1) is 9.26. The number of allylic oxidation sites excluding steroid dienone is 3. The summed E-state index contributed by atoms with van der Waals surface area (Å²) in [6, 6.07) is 0. The van der Waals surface area contributed by atoms with Crippen LogP contribution in [0.15, 0.2) is 35.5 Å². The lowest BCUT2D eigenvalue weighted by molar-refractivity contribution is -0.124. The fraction of sp³-hybridized carbons (Fsp3) is 0. The molecule has 2 rings (SSSR count). The molecular weight excluding hydrogens is 198 g/mol. The van der Waals surface area contributed by atoms with Crippen LogP contribution in [-0.4, -0.2) is 23.4 Å². The molecule has 1 heterocycles. The quantitative estimate of drug-likeness (QED) is 0.447. The van der Waals surface area contributed by atoms with Gasteiger partial charge in [0, 0.05) is 11.6 Å². The number of carbonyl (C=O) groups excluding carboxylic acids is 4. The van der Waals surface area contributed by atoms with Crippen molar-refractivity contribution in [3.05, 3.63) is 35.5 Å². The highest BCUT2D eigenvalue weighted by atomic mass is 16.2. The maximum atomic E-state index is 11.3. The van der Waals surface area contributed by atoms with Crippen LogP contribution in [0.4, 0.5) is 0 Å². The maximum absolute atomic E-state index is 11.3. The summed E-state index contributed by atoms with van der Waals surface area (Å²) in [5.41, 5.74) is -0.0893. The molecule has 0 unspecified atom stereocenters. The van der Waals surface area contributed by atoms with Crippen molar-refractivity contribution in [1.82, 2.24) is 5.32 Å². The number of rotatable bonds is 1. The van der Waals surface area contributed by atoms with Crippen molar-refractivity contribution < 1.29 is 19.2 Å². The van der Waals surface area contributed by atoms with Gasteiger partial charge in [-0.15, -0.1) is 0 Å². The Morgan fingerprint density at radius 1 is 0.867 bits per heavy atom. The molecule has 0 bridgehead atoms. The van der Waals surface area contributed by atoms with Crippen molar-refractivity contribution in [3.8, 4) is 0 Å². The van der Waals surface area contributed by atoms with Crippen LogP contribution in [0.2, 0.25) is 0 Å². The topological polar surface area (TPSA) is 80.3 Å². The van der Waals surface area contributed by atoms with E-state index in [4.69, 9.17) is 0 Å². The Morgan fingerprint density at radius 3 is 2.20 bits per heavy atom. The van der Waals surface area contributed by atoms with E-state index in [9.17, 15) is 19.2 Å². The van der Waals surface area contributed by atoms with Crippen LogP contribution in [-0.2, 0) is 19.2 Å². The minimum absolute atomic E-state index is 0.0362. The van der Waals surface area contributed by atoms with Crippen LogP contribution in [0.5, 0.6) is 0 Å². The molecule has 0 radical (unpaired) electrons. The number of carbonyl (C=O) groups is 4. The number of amides is 2. The van der Waals surface area contributed by atoms with Crippen LogP contribution in [0.25, 0.3) is 0 Å². The highest BCUT2D eigenvalue weighted by Gasteiger charge is 2.28. The van der Waals surface area contributed by atoms with Crippen LogP contribution < -0.4 is 5.32 Å². The Hall–Kier alpha value is -2.30. The molecule has 2 amide bonds. The van der Waals surface area contributed by atoms with Crippen molar-refractivity contribution in [2.24, 2.45) is 0 Å². The van der Waals surface area contributed by atoms with Gasteiger partial charge >= 0.3 is 0 Å². The van der Waals surface area contributed by atoms with Gasteiger partial charge < -0.3 is 0 Å². The molecule has 0 spiro atoms. The second-order valence-electron chi connectivity index (χ2n) is 3.03. The monoisotopic (exact) mass is 203 g/mol. The molecule has 0 saturated carbocycles. The smallest absolute Gasteiger partial charge is 0.259 e. The highest BCUT2D eigenvalue weighted by molar-refractivity contribution is 6.28. The second-order valence-corrected chi connectivity index (χ2v) is 3.03. The molecule has 0 saturated heterocycles. The van der Waals surface area contributed by atoms with Gasteiger partial charge in [-0.25, -0.2) is 0 Å². The molecule has 1 N–H and O–H groups in total. The zero-order chi connectivity index (χ0) is 11.0. The van der Waals surface area contributed by atoms with Gasteiger partial charge in [0.1, 0.15) is 0 Å². The number of hydrogen-bond acceptors (Lipinski definition) is 4. The Balaban J connectivity index is 2.44. The summed E-state index contributed by atoms with van der Waals surface area (Å²) < 4.78 is 0. The first-order valence-electron chi connectivity index (χ1n) is 4.13. The first-order valence-corrected chi connectivity index (χ1v) is 4.13. The average Bonchev–Trinajstić information content (AvgIpc) is 2.50. The highest BCUT2D eigenvalue weighted by Crippen LogP contribution is 2.18. The summed E-state index contributed by atoms with van der Waals surface area (Å²) in [5, 5.41) is 2.00. The lowest BCUT2D eigenvalue weighted by Gasteiger charge is -2.05. The van der Waals surface area contributed by atoms with E-state index in [2.05, 4.69) is 0 Å². The van der Waals surface area contributed by atoms with Gasteiger partial charge in [-0.05, 0) is 18.2 Å². The number of hydrogen-bond donors (Lipinski definition) is 1. The lowest BCUT2D eigenvalue weighted by atomic mass is 9.96. The molecule has 0 atom stereocenters. The van der Waals surface area contributed by atoms with Gasteiger partial charge in [0.15, 0.2) is 11.6 Å². The van der Waals surface area contributed by atoms with E-state index in [1.54, 1.807) is 0 Å². The minimum atomic E-state index is -0.650. The van der Waals surface area contributed by atoms with Crippen molar-refractivity contribution in [3.63, 3.8) is 0 Å². The minimum Gasteiger partial charge on any atom is -0.290 e. The van der Waals surface area contributed by atoms with Gasteiger partial charge in [-0.2, -0.15) is 0 Å². The summed E-state index contributed by atoms with van der Waals surface area (Å²) in [6.45, 7) is 0. The number of imide groups is 1. The molecule has 2 aliphatic rings. The van der Waals surface area contributed by atoms with E-state index in [1.807, 2.05) is 5.32 Å². The van der Waals surface area contributed by atoms with Crippen LogP contribution >= 0.6 is 0 Å². The van der Waals surface area contributed by atoms with Crippen molar-refractivity contribution >= 4 is 23.4 Å². The molecule has 0 fully saturated rings. The fourth-order valence-corrected chi connectivity index (χ4v) is 1.33. The lowest BCUT2D eigenvalue weighted by Crippen LogP contribution is -2.24. The average molecular weight is 203 g/mol. The molecule has 1 aliphatic carbocycles. The molecule has 1 aliphatic heterocycles. The first-order chi connectivity index (χ1) is 7.08. The summed E-state index contributed by atoms with van der Waals surface area (Å²) in [5.74, 6) is -2.06. The molecule has 5 heteroatoms. The molecule has 0 aromatic carbocycles. The fourth-order valence-electron chi connectivity index (χ4n) is 1.33. The van der Waals surface area contributed by atoms with Crippen molar-refractivity contribution in [2.75, 3.05) is 0 Å². The van der Waals surface area contributed by atoms with Crippen molar-refractivity contribution in [1.29, 1.82) is 0 Å². The van der Waals surface area contributed by atoms with Gasteiger partial charge in [0.25, 0.3) is 11.8 Å². The largest absolute Gasteiger partial charge is 0.290 e. The summed E-state index contributed by atoms with van der Waals surface area (Å²) >= 11 is 0. The zero-order valence-corrected chi connectivity index (χ0v) is 7.44. The zero-order valence-electron chi connectivity index (χ0n) is 7.44. The predicted molar refractivity (Wildman–Crippen MR) is 48.5 cm³/mol. The molecule has 0 aromatic heterocycles. The number of nitrogens with one attached hydrogen (secondary N) is 1. The van der Waals surface area contributed by atoms with E-state index in [0.29, 0.717) is 0 Å². The summed E-state index contributed by atoms with van der Waals surface area (Å²) in [7, 11) is 0. The van der Waals surface area contributed by atoms with E-state index < -0.39 is 17.6 Å². The van der Waals surface area contributed by atoms with Gasteiger partial charge in [0.2, 0.25) is 0 Å². The Morgan fingerprint density at radius 2 is 1.60 bits per heavy atom. The second kappa shape index (κ2) is 3.13. The van der Waals surface area contributed by atoms with Crippen LogP contribution in [0, 0.1) is 0 Å². The normalized spacial score (nSPS) is 20.3. The Labute approximate surface area is 84.1 Å². The maximum Gasteiger partial charge on any atom is 0.259 e. The standard InChI is InChI=1S/C10H5NO4/c12-5-1-2-8(13)6(3-5)7-4-9(14)11-10(7)15/h1-4H,(H,11,14,15). The SMILES string of the molecule is O=C1C=CC(=O)C(C2=CC(=O)NC2=O)=C1. The Bertz CT molecular complexity index is 494. The van der Waals surface area contributed by atoms with Gasteiger partial charge in [0.05, 0.1) is 5.57 Å². The third kappa shape index (κ3) is 1.54. The van der Waals surface area contributed by atoms with Gasteiger partial charge in [-0.1, -0.05) is 0 Å². The van der Waals surface area contributed by atoms with E-state index >= 15 is 0 Å². The summed E-state index contributed by atoms with van der Waals surface area (Å²) in [4.78, 5) is 44.4. The number of ketones is 2. The summed E-state index contributed by atoms with van der Waals surface area (Å²) in [6.07, 6.45) is 4.25. The predicted octanol–water partition coefficient (Wildman–Crippen LogP) is -0.796. The molecule has 74 valence electrons. The molecule has 5 nitrogen and oxygen atoms in total. The van der Waals surface area contributed by atoms with E-state index in [1.165, 1.54) is 0 Å². The van der Waals surface area contributed by atoms with Gasteiger partial charge in [-0.3, -0.25) is 24.5 Å². The van der Waals surface area contributed by atoms with Crippen molar-refractivity contribution in [2.45, 2.75) is 0 Å². The Kier molecular flexibility index (Phi) is 1.93. The van der Waals surface area contributed by atoms with Crippen LogP contribution in [0.3, 0.4) is 0 Å².